The van der Waals surface area contributed by atoms with Crippen LogP contribution < -0.4 is 11.1 Å². The zero-order valence-electron chi connectivity index (χ0n) is 21.0. The molecule has 5 nitrogen and oxygen atoms in total. The van der Waals surface area contributed by atoms with E-state index in [4.69, 9.17) is 5.73 Å². The van der Waals surface area contributed by atoms with Crippen LogP contribution in [0.15, 0.2) is 84.0 Å². The topological polar surface area (TPSA) is 80.4 Å². The van der Waals surface area contributed by atoms with Crippen molar-refractivity contribution in [1.82, 2.24) is 10.3 Å². The van der Waals surface area contributed by atoms with Crippen molar-refractivity contribution >= 4 is 17.8 Å². The first-order valence-electron chi connectivity index (χ1n) is 12.5. The molecular formula is C31H28F2N4O. The van der Waals surface area contributed by atoms with Crippen LogP contribution in [0.3, 0.4) is 0 Å². The van der Waals surface area contributed by atoms with Crippen molar-refractivity contribution in [3.8, 4) is 11.1 Å². The predicted molar refractivity (Wildman–Crippen MR) is 145 cm³/mol. The molecule has 0 bridgehead atoms. The number of halogens is 2. The number of aliphatic imine (C=N–C) groups is 1. The SMILES string of the molecule is Cc1ccc(-c2cccnc2[C@H](Cc2cc(F)cc(F)c2)NC(=O)CC2C=Nc3cc(CN)ccc32)cc1. The number of benzene rings is 3. The monoisotopic (exact) mass is 510 g/mol. The zero-order valence-corrected chi connectivity index (χ0v) is 21.0. The highest BCUT2D eigenvalue weighted by Gasteiger charge is 2.26. The number of pyridine rings is 1. The largest absolute Gasteiger partial charge is 0.347 e. The first-order valence-corrected chi connectivity index (χ1v) is 12.5. The number of nitrogens with two attached hydrogens (primary N) is 1. The normalized spacial score (nSPS) is 14.8. The van der Waals surface area contributed by atoms with Gasteiger partial charge in [0.15, 0.2) is 0 Å². The lowest BCUT2D eigenvalue weighted by Gasteiger charge is -2.22. The number of amides is 1. The molecule has 2 heterocycles. The van der Waals surface area contributed by atoms with Gasteiger partial charge in [-0.25, -0.2) is 8.78 Å². The van der Waals surface area contributed by atoms with E-state index in [1.807, 2.05) is 61.5 Å². The Hall–Kier alpha value is -4.23. The Morgan fingerprint density at radius 2 is 1.76 bits per heavy atom. The highest BCUT2D eigenvalue weighted by atomic mass is 19.1. The van der Waals surface area contributed by atoms with Crippen LogP contribution in [0.2, 0.25) is 0 Å². The van der Waals surface area contributed by atoms with Crippen molar-refractivity contribution in [3.05, 3.63) is 119 Å². The molecule has 0 saturated heterocycles. The van der Waals surface area contributed by atoms with Crippen LogP contribution >= 0.6 is 0 Å². The van der Waals surface area contributed by atoms with Gasteiger partial charge in [0.1, 0.15) is 11.6 Å². The number of aryl methyl sites for hydroxylation is 1. The van der Waals surface area contributed by atoms with E-state index in [0.29, 0.717) is 17.8 Å². The molecule has 7 heteroatoms. The molecule has 0 radical (unpaired) electrons. The Kier molecular flexibility index (Phi) is 7.38. The molecule has 0 spiro atoms. The second-order valence-electron chi connectivity index (χ2n) is 9.59. The minimum Gasteiger partial charge on any atom is -0.347 e. The summed E-state index contributed by atoms with van der Waals surface area (Å²) < 4.78 is 28.1. The lowest BCUT2D eigenvalue weighted by atomic mass is 9.93. The molecule has 38 heavy (non-hydrogen) atoms. The minimum atomic E-state index is -0.666. The molecule has 0 aliphatic carbocycles. The van der Waals surface area contributed by atoms with Crippen molar-refractivity contribution < 1.29 is 13.6 Å². The van der Waals surface area contributed by atoms with Crippen LogP contribution in [0.25, 0.3) is 11.1 Å². The number of hydrogen-bond acceptors (Lipinski definition) is 4. The van der Waals surface area contributed by atoms with Crippen molar-refractivity contribution in [3.63, 3.8) is 0 Å². The van der Waals surface area contributed by atoms with Gasteiger partial charge in [-0.05, 0) is 59.9 Å². The van der Waals surface area contributed by atoms with E-state index in [-0.39, 0.29) is 24.7 Å². The lowest BCUT2D eigenvalue weighted by Crippen LogP contribution is -2.32. The molecule has 1 aromatic heterocycles. The molecule has 2 atom stereocenters. The smallest absolute Gasteiger partial charge is 0.221 e. The number of rotatable bonds is 8. The Bertz CT molecular complexity index is 1480. The van der Waals surface area contributed by atoms with E-state index < -0.39 is 17.7 Å². The van der Waals surface area contributed by atoms with Crippen LogP contribution in [-0.4, -0.2) is 17.1 Å². The maximum absolute atomic E-state index is 14.0. The van der Waals surface area contributed by atoms with Gasteiger partial charge in [0.2, 0.25) is 5.91 Å². The number of nitrogens with zero attached hydrogens (tertiary/aromatic N) is 2. The summed E-state index contributed by atoms with van der Waals surface area (Å²) in [5.41, 5.74) is 12.5. The van der Waals surface area contributed by atoms with Crippen LogP contribution in [-0.2, 0) is 17.8 Å². The van der Waals surface area contributed by atoms with Crippen molar-refractivity contribution in [2.75, 3.05) is 0 Å². The highest BCUT2D eigenvalue weighted by molar-refractivity contribution is 5.88. The second-order valence-corrected chi connectivity index (χ2v) is 9.59. The summed E-state index contributed by atoms with van der Waals surface area (Å²) in [5, 5.41) is 3.09. The maximum atomic E-state index is 14.0. The summed E-state index contributed by atoms with van der Waals surface area (Å²) in [6.45, 7) is 2.43. The van der Waals surface area contributed by atoms with Gasteiger partial charge in [0.25, 0.3) is 0 Å². The van der Waals surface area contributed by atoms with Gasteiger partial charge in [-0.15, -0.1) is 0 Å². The van der Waals surface area contributed by atoms with E-state index in [9.17, 15) is 13.6 Å². The summed E-state index contributed by atoms with van der Waals surface area (Å²) in [5.74, 6) is -1.72. The van der Waals surface area contributed by atoms with Crippen molar-refractivity contribution in [2.24, 2.45) is 10.7 Å². The summed E-state index contributed by atoms with van der Waals surface area (Å²) in [7, 11) is 0. The third-order valence-electron chi connectivity index (χ3n) is 6.76. The molecule has 0 saturated carbocycles. The van der Waals surface area contributed by atoms with Gasteiger partial charge in [-0.2, -0.15) is 0 Å². The van der Waals surface area contributed by atoms with E-state index in [0.717, 1.165) is 39.6 Å². The highest BCUT2D eigenvalue weighted by Crippen LogP contribution is 2.35. The van der Waals surface area contributed by atoms with Crippen molar-refractivity contribution in [1.29, 1.82) is 0 Å². The molecule has 1 unspecified atom stereocenters. The molecule has 5 rings (SSSR count). The van der Waals surface area contributed by atoms with E-state index in [1.165, 1.54) is 12.1 Å². The lowest BCUT2D eigenvalue weighted by molar-refractivity contribution is -0.121. The Morgan fingerprint density at radius 1 is 1.00 bits per heavy atom. The second kappa shape index (κ2) is 11.0. The molecule has 1 aliphatic heterocycles. The zero-order chi connectivity index (χ0) is 26.6. The molecule has 4 aromatic rings. The fourth-order valence-corrected chi connectivity index (χ4v) is 4.86. The van der Waals surface area contributed by atoms with Crippen molar-refractivity contribution in [2.45, 2.75) is 38.3 Å². The van der Waals surface area contributed by atoms with Gasteiger partial charge >= 0.3 is 0 Å². The first kappa shape index (κ1) is 25.4. The van der Waals surface area contributed by atoms with Gasteiger partial charge in [0.05, 0.1) is 17.4 Å². The Labute approximate surface area is 220 Å². The van der Waals surface area contributed by atoms with Gasteiger partial charge in [-0.1, -0.05) is 48.0 Å². The molecule has 192 valence electrons. The number of nitrogens with one attached hydrogen (secondary N) is 1. The number of aromatic nitrogens is 1. The first-order chi connectivity index (χ1) is 18.4. The van der Waals surface area contributed by atoms with E-state index in [2.05, 4.69) is 15.3 Å². The molecule has 1 amide bonds. The molecule has 3 N–H and O–H groups in total. The third kappa shape index (κ3) is 5.68. The van der Waals surface area contributed by atoms with Gasteiger partial charge < -0.3 is 11.1 Å². The quantitative estimate of drug-likeness (QED) is 0.301. The summed E-state index contributed by atoms with van der Waals surface area (Å²) in [6, 6.07) is 20.4. The Balaban J connectivity index is 1.44. The fourth-order valence-electron chi connectivity index (χ4n) is 4.86. The number of fused-ring (bicyclic) bond motifs is 1. The van der Waals surface area contributed by atoms with Crippen LogP contribution in [0.5, 0.6) is 0 Å². The van der Waals surface area contributed by atoms with E-state index in [1.54, 1.807) is 12.4 Å². The predicted octanol–water partition coefficient (Wildman–Crippen LogP) is 6.08. The average Bonchev–Trinajstić information content (AvgIpc) is 3.29. The van der Waals surface area contributed by atoms with Crippen LogP contribution in [0.4, 0.5) is 14.5 Å². The standard InChI is InChI=1S/C31H28F2N4O/c1-19-4-7-22(8-5-19)27-3-2-10-35-31(27)29(14-21-11-24(32)16-25(33)12-21)37-30(38)15-23-18-36-28-13-20(17-34)6-9-26(23)28/h2-13,16,18,23,29H,14-15,17,34H2,1H3,(H,37,38)/t23?,29-/m0/s1. The Morgan fingerprint density at radius 3 is 2.50 bits per heavy atom. The van der Waals surface area contributed by atoms with Gasteiger partial charge in [-0.3, -0.25) is 14.8 Å². The molecular weight excluding hydrogens is 482 g/mol. The summed E-state index contributed by atoms with van der Waals surface area (Å²) in [6.07, 6.45) is 3.79. The minimum absolute atomic E-state index is 0.172. The maximum Gasteiger partial charge on any atom is 0.221 e. The molecule has 1 aliphatic rings. The molecule has 3 aromatic carbocycles. The average molecular weight is 511 g/mol. The number of hydrogen-bond donors (Lipinski definition) is 2. The van der Waals surface area contributed by atoms with Gasteiger partial charge in [0, 0.05) is 42.9 Å². The fraction of sp³-hybridized carbons (Fsp3) is 0.194. The number of carbonyl (C=O) groups is 1. The summed E-state index contributed by atoms with van der Waals surface area (Å²) in [4.78, 5) is 22.5. The van der Waals surface area contributed by atoms with Crippen LogP contribution in [0, 0.1) is 18.6 Å². The van der Waals surface area contributed by atoms with Crippen LogP contribution in [0.1, 0.15) is 46.3 Å². The molecule has 0 fully saturated rings. The summed E-state index contributed by atoms with van der Waals surface area (Å²) >= 11 is 0. The van der Waals surface area contributed by atoms with E-state index >= 15 is 0 Å². The number of carbonyl (C=O) groups excluding carboxylic acids is 1. The third-order valence-corrected chi connectivity index (χ3v) is 6.76.